The number of benzene rings is 2. The standard InChI is InChI=1S/C18H20N2.ClH/c1-19-12-11-18-16(13-19)15-9-5-6-10-17(15)20(18)14-7-3-2-4-8-14;/h2-10,16,18H,11-13H2,1H3;1H. The Labute approximate surface area is 132 Å². The van der Waals surface area contributed by atoms with Gasteiger partial charge in [-0.1, -0.05) is 36.4 Å². The molecular formula is C18H21ClN2. The lowest BCUT2D eigenvalue weighted by molar-refractivity contribution is 0.236. The van der Waals surface area contributed by atoms with E-state index in [0.717, 1.165) is 0 Å². The summed E-state index contributed by atoms with van der Waals surface area (Å²) in [7, 11) is 2.24. The molecule has 0 radical (unpaired) electrons. The maximum atomic E-state index is 2.56. The van der Waals surface area contributed by atoms with Crippen LogP contribution in [0.15, 0.2) is 54.6 Å². The van der Waals surface area contributed by atoms with Crippen molar-refractivity contribution < 1.29 is 0 Å². The van der Waals surface area contributed by atoms with E-state index in [1.807, 2.05) is 0 Å². The van der Waals surface area contributed by atoms with Gasteiger partial charge in [0.05, 0.1) is 0 Å². The van der Waals surface area contributed by atoms with Gasteiger partial charge in [0.2, 0.25) is 0 Å². The summed E-state index contributed by atoms with van der Waals surface area (Å²) in [5, 5.41) is 0. The molecule has 2 unspecified atom stereocenters. The number of rotatable bonds is 1. The highest BCUT2D eigenvalue weighted by Gasteiger charge is 2.41. The van der Waals surface area contributed by atoms with Gasteiger partial charge in [-0.15, -0.1) is 12.4 Å². The highest BCUT2D eigenvalue weighted by atomic mass is 35.5. The maximum Gasteiger partial charge on any atom is 0.0450 e. The first-order valence-electron chi connectivity index (χ1n) is 7.46. The predicted octanol–water partition coefficient (Wildman–Crippen LogP) is 4.05. The van der Waals surface area contributed by atoms with Gasteiger partial charge in [-0.3, -0.25) is 0 Å². The van der Waals surface area contributed by atoms with Crippen molar-refractivity contribution >= 4 is 23.8 Å². The molecular weight excluding hydrogens is 280 g/mol. The van der Waals surface area contributed by atoms with E-state index in [-0.39, 0.29) is 12.4 Å². The topological polar surface area (TPSA) is 6.48 Å². The van der Waals surface area contributed by atoms with Gasteiger partial charge in [-0.2, -0.15) is 0 Å². The van der Waals surface area contributed by atoms with Gasteiger partial charge < -0.3 is 9.80 Å². The fourth-order valence-corrected chi connectivity index (χ4v) is 3.84. The number of hydrogen-bond donors (Lipinski definition) is 0. The van der Waals surface area contributed by atoms with Crippen molar-refractivity contribution in [2.24, 2.45) is 0 Å². The third-order valence-electron chi connectivity index (χ3n) is 4.74. The minimum absolute atomic E-state index is 0. The van der Waals surface area contributed by atoms with Gasteiger partial charge in [0.25, 0.3) is 0 Å². The van der Waals surface area contributed by atoms with E-state index in [9.17, 15) is 0 Å². The molecule has 2 atom stereocenters. The van der Waals surface area contributed by atoms with Crippen LogP contribution in [0.25, 0.3) is 0 Å². The fourth-order valence-electron chi connectivity index (χ4n) is 3.84. The largest absolute Gasteiger partial charge is 0.337 e. The van der Waals surface area contributed by atoms with Gasteiger partial charge in [0, 0.05) is 29.9 Å². The average Bonchev–Trinajstić information content (AvgIpc) is 2.82. The van der Waals surface area contributed by atoms with E-state index in [1.54, 1.807) is 0 Å². The van der Waals surface area contributed by atoms with E-state index in [2.05, 4.69) is 71.4 Å². The summed E-state index contributed by atoms with van der Waals surface area (Å²) in [6, 6.07) is 20.4. The molecule has 21 heavy (non-hydrogen) atoms. The van der Waals surface area contributed by atoms with Gasteiger partial charge in [0.15, 0.2) is 0 Å². The number of nitrogens with zero attached hydrogens (tertiary/aromatic N) is 2. The normalized spacial score (nSPS) is 24.1. The van der Waals surface area contributed by atoms with Gasteiger partial charge >= 0.3 is 0 Å². The third-order valence-corrected chi connectivity index (χ3v) is 4.74. The van der Waals surface area contributed by atoms with Crippen molar-refractivity contribution in [3.05, 3.63) is 60.2 Å². The van der Waals surface area contributed by atoms with Gasteiger partial charge in [0.1, 0.15) is 0 Å². The number of para-hydroxylation sites is 2. The molecule has 0 saturated carbocycles. The molecule has 0 amide bonds. The molecule has 1 fully saturated rings. The summed E-state index contributed by atoms with van der Waals surface area (Å²) in [6.07, 6.45) is 1.24. The molecule has 0 aromatic heterocycles. The first-order valence-corrected chi connectivity index (χ1v) is 7.46. The van der Waals surface area contributed by atoms with Crippen molar-refractivity contribution in [3.8, 4) is 0 Å². The third kappa shape index (κ3) is 2.33. The minimum Gasteiger partial charge on any atom is -0.337 e. The van der Waals surface area contributed by atoms with Crippen LogP contribution in [-0.2, 0) is 0 Å². The second kappa shape index (κ2) is 5.70. The number of fused-ring (bicyclic) bond motifs is 3. The van der Waals surface area contributed by atoms with Crippen LogP contribution in [0.5, 0.6) is 0 Å². The van der Waals surface area contributed by atoms with Crippen molar-refractivity contribution in [3.63, 3.8) is 0 Å². The van der Waals surface area contributed by atoms with E-state index in [0.29, 0.717) is 12.0 Å². The number of halogens is 1. The molecule has 2 aliphatic rings. The Morgan fingerprint density at radius 3 is 2.48 bits per heavy atom. The van der Waals surface area contributed by atoms with Gasteiger partial charge in [-0.05, 0) is 43.8 Å². The Morgan fingerprint density at radius 1 is 0.952 bits per heavy atom. The summed E-state index contributed by atoms with van der Waals surface area (Å²) < 4.78 is 0. The zero-order chi connectivity index (χ0) is 13.5. The zero-order valence-corrected chi connectivity index (χ0v) is 13.1. The van der Waals surface area contributed by atoms with Crippen LogP contribution >= 0.6 is 12.4 Å². The van der Waals surface area contributed by atoms with E-state index < -0.39 is 0 Å². The quantitative estimate of drug-likeness (QED) is 0.784. The van der Waals surface area contributed by atoms with Crippen molar-refractivity contribution in [2.75, 3.05) is 25.0 Å². The highest BCUT2D eigenvalue weighted by molar-refractivity contribution is 5.85. The lowest BCUT2D eigenvalue weighted by atomic mass is 9.89. The number of likely N-dealkylation sites (tertiary alicyclic amines) is 1. The molecule has 2 aromatic rings. The first-order chi connectivity index (χ1) is 9.84. The predicted molar refractivity (Wildman–Crippen MR) is 90.9 cm³/mol. The average molecular weight is 301 g/mol. The number of piperidine rings is 1. The smallest absolute Gasteiger partial charge is 0.0450 e. The SMILES string of the molecule is CN1CCC2C(C1)c1ccccc1N2c1ccccc1.Cl. The molecule has 0 aliphatic carbocycles. The Hall–Kier alpha value is -1.51. The van der Waals surface area contributed by atoms with Crippen molar-refractivity contribution in [2.45, 2.75) is 18.4 Å². The summed E-state index contributed by atoms with van der Waals surface area (Å²) in [4.78, 5) is 5.03. The lowest BCUT2D eigenvalue weighted by Gasteiger charge is -2.37. The maximum absolute atomic E-state index is 2.56. The van der Waals surface area contributed by atoms with Crippen LogP contribution in [0, 0.1) is 0 Å². The molecule has 2 aromatic carbocycles. The Morgan fingerprint density at radius 2 is 1.67 bits per heavy atom. The molecule has 4 rings (SSSR count). The van der Waals surface area contributed by atoms with Crippen LogP contribution in [0.1, 0.15) is 17.9 Å². The van der Waals surface area contributed by atoms with E-state index in [4.69, 9.17) is 0 Å². The molecule has 0 bridgehead atoms. The second-order valence-corrected chi connectivity index (χ2v) is 5.99. The molecule has 110 valence electrons. The van der Waals surface area contributed by atoms with Crippen LogP contribution in [0.3, 0.4) is 0 Å². The minimum atomic E-state index is 0. The summed E-state index contributed by atoms with van der Waals surface area (Å²) in [5.41, 5.74) is 4.26. The molecule has 2 nitrogen and oxygen atoms in total. The fraction of sp³-hybridized carbons (Fsp3) is 0.333. The molecule has 0 N–H and O–H groups in total. The van der Waals surface area contributed by atoms with Crippen molar-refractivity contribution in [1.29, 1.82) is 0 Å². The molecule has 1 saturated heterocycles. The Balaban J connectivity index is 0.00000132. The van der Waals surface area contributed by atoms with Gasteiger partial charge in [-0.25, -0.2) is 0 Å². The molecule has 3 heteroatoms. The summed E-state index contributed by atoms with van der Waals surface area (Å²) >= 11 is 0. The van der Waals surface area contributed by atoms with Crippen LogP contribution < -0.4 is 4.90 Å². The second-order valence-electron chi connectivity index (χ2n) is 5.99. The monoisotopic (exact) mass is 300 g/mol. The van der Waals surface area contributed by atoms with Crippen LogP contribution in [0.2, 0.25) is 0 Å². The Kier molecular flexibility index (Phi) is 3.92. The highest BCUT2D eigenvalue weighted by Crippen LogP contribution is 2.47. The zero-order valence-electron chi connectivity index (χ0n) is 12.3. The van der Waals surface area contributed by atoms with E-state index >= 15 is 0 Å². The summed E-state index contributed by atoms with van der Waals surface area (Å²) in [6.45, 7) is 2.36. The van der Waals surface area contributed by atoms with Crippen molar-refractivity contribution in [1.82, 2.24) is 4.90 Å². The van der Waals surface area contributed by atoms with Crippen LogP contribution in [0.4, 0.5) is 11.4 Å². The van der Waals surface area contributed by atoms with E-state index in [1.165, 1.54) is 36.4 Å². The molecule has 2 aliphatic heterocycles. The summed E-state index contributed by atoms with van der Waals surface area (Å²) in [5.74, 6) is 0.644. The lowest BCUT2D eigenvalue weighted by Crippen LogP contribution is -2.43. The Bertz CT molecular complexity index is 614. The molecule has 0 spiro atoms. The number of anilines is 2. The number of likely N-dealkylation sites (N-methyl/N-ethyl adjacent to an activating group) is 1. The first kappa shape index (κ1) is 14.4. The molecule has 2 heterocycles. The number of hydrogen-bond acceptors (Lipinski definition) is 2. The van der Waals surface area contributed by atoms with Crippen LogP contribution in [-0.4, -0.2) is 31.1 Å².